The van der Waals surface area contributed by atoms with E-state index in [4.69, 9.17) is 0 Å². The van der Waals surface area contributed by atoms with Crippen LogP contribution in [0.1, 0.15) is 60.8 Å². The van der Waals surface area contributed by atoms with Crippen LogP contribution in [0.15, 0.2) is 11.3 Å². The number of rotatable bonds is 4. The third-order valence-corrected chi connectivity index (χ3v) is 7.73. The summed E-state index contributed by atoms with van der Waals surface area (Å²) in [6.45, 7) is 10.5. The van der Waals surface area contributed by atoms with Crippen molar-refractivity contribution in [3.8, 4) is 0 Å². The summed E-state index contributed by atoms with van der Waals surface area (Å²) in [6.07, 6.45) is 0.492. The summed E-state index contributed by atoms with van der Waals surface area (Å²) < 4.78 is 0. The van der Waals surface area contributed by atoms with Gasteiger partial charge in [0.15, 0.2) is 17.2 Å². The molecule has 6 nitrogen and oxygen atoms in total. The summed E-state index contributed by atoms with van der Waals surface area (Å²) in [5.41, 5.74) is -6.14. The molecular formula is C21H30O6. The smallest absolute Gasteiger partial charge is 0.210 e. The minimum Gasteiger partial charge on any atom is -0.511 e. The van der Waals surface area contributed by atoms with Gasteiger partial charge in [-0.2, -0.15) is 0 Å². The molecule has 0 bridgehead atoms. The van der Waals surface area contributed by atoms with Gasteiger partial charge in [0.2, 0.25) is 5.78 Å². The minimum atomic E-state index is -2.42. The van der Waals surface area contributed by atoms with Crippen molar-refractivity contribution in [3.63, 3.8) is 0 Å². The van der Waals surface area contributed by atoms with Crippen LogP contribution >= 0.6 is 0 Å². The standard InChI is InChI=1S/C21H30O6/c1-7-10(2)15(23)14-16(24)20-9-12(19(5,6)26)18(3,4)11(20)8-13(22)21(20,27)17(14)25/h10-12,24,26-27H,7-9H2,1-6H3/t10?,11?,12?,20?,21-/m0/s1. The molecule has 0 amide bonds. The molecule has 0 saturated heterocycles. The van der Waals surface area contributed by atoms with Crippen molar-refractivity contribution >= 4 is 17.3 Å². The quantitative estimate of drug-likeness (QED) is 0.510. The number of aliphatic hydroxyl groups is 3. The molecule has 0 heterocycles. The fraction of sp³-hybridized carbons (Fsp3) is 0.762. The van der Waals surface area contributed by atoms with Gasteiger partial charge < -0.3 is 15.3 Å². The van der Waals surface area contributed by atoms with E-state index < -0.39 is 62.5 Å². The molecule has 0 aromatic heterocycles. The van der Waals surface area contributed by atoms with Crippen molar-refractivity contribution in [2.24, 2.45) is 28.6 Å². The molecule has 4 unspecified atom stereocenters. The molecule has 2 saturated carbocycles. The number of hydrogen-bond donors (Lipinski definition) is 3. The van der Waals surface area contributed by atoms with Crippen molar-refractivity contribution in [3.05, 3.63) is 11.3 Å². The van der Waals surface area contributed by atoms with Crippen LogP contribution < -0.4 is 0 Å². The van der Waals surface area contributed by atoms with Crippen LogP contribution in [0.3, 0.4) is 0 Å². The highest BCUT2D eigenvalue weighted by atomic mass is 16.3. The van der Waals surface area contributed by atoms with E-state index in [1.54, 1.807) is 27.7 Å². The Kier molecular flexibility index (Phi) is 4.12. The molecule has 0 aromatic carbocycles. The molecule has 1 spiro atoms. The van der Waals surface area contributed by atoms with Gasteiger partial charge in [-0.05, 0) is 43.9 Å². The molecule has 0 aromatic rings. The topological polar surface area (TPSA) is 112 Å². The third-order valence-electron chi connectivity index (χ3n) is 7.73. The Morgan fingerprint density at radius 2 is 1.85 bits per heavy atom. The summed E-state index contributed by atoms with van der Waals surface area (Å²) in [5.74, 6) is -4.00. The van der Waals surface area contributed by atoms with Crippen molar-refractivity contribution in [2.45, 2.75) is 72.0 Å². The van der Waals surface area contributed by atoms with E-state index in [-0.39, 0.29) is 18.8 Å². The molecule has 5 atom stereocenters. The van der Waals surface area contributed by atoms with Crippen molar-refractivity contribution in [2.75, 3.05) is 0 Å². The summed E-state index contributed by atoms with van der Waals surface area (Å²) in [5, 5.41) is 33.2. The lowest BCUT2D eigenvalue weighted by atomic mass is 9.67. The predicted molar refractivity (Wildman–Crippen MR) is 97.8 cm³/mol. The van der Waals surface area contributed by atoms with Gasteiger partial charge >= 0.3 is 0 Å². The third kappa shape index (κ3) is 2.11. The Morgan fingerprint density at radius 3 is 2.33 bits per heavy atom. The first-order valence-corrected chi connectivity index (χ1v) is 9.69. The molecule has 0 aliphatic heterocycles. The van der Waals surface area contributed by atoms with Crippen molar-refractivity contribution in [1.29, 1.82) is 0 Å². The Bertz CT molecular complexity index is 770. The second kappa shape index (κ2) is 5.51. The van der Waals surface area contributed by atoms with E-state index in [9.17, 15) is 29.7 Å². The number of ketones is 3. The zero-order valence-corrected chi connectivity index (χ0v) is 16.9. The molecule has 3 N–H and O–H groups in total. The van der Waals surface area contributed by atoms with Crippen LogP contribution in [0.4, 0.5) is 0 Å². The van der Waals surface area contributed by atoms with E-state index in [1.165, 1.54) is 0 Å². The first-order valence-electron chi connectivity index (χ1n) is 9.69. The number of hydrogen-bond acceptors (Lipinski definition) is 6. The highest BCUT2D eigenvalue weighted by molar-refractivity contribution is 6.33. The molecule has 3 aliphatic rings. The molecule has 0 radical (unpaired) electrons. The van der Waals surface area contributed by atoms with Crippen molar-refractivity contribution in [1.82, 2.24) is 0 Å². The Balaban J connectivity index is 2.27. The van der Waals surface area contributed by atoms with Crippen LogP contribution in [0.2, 0.25) is 0 Å². The molecule has 27 heavy (non-hydrogen) atoms. The lowest BCUT2D eigenvalue weighted by Crippen LogP contribution is -2.53. The van der Waals surface area contributed by atoms with Gasteiger partial charge in [-0.15, -0.1) is 0 Å². The molecule has 6 heteroatoms. The van der Waals surface area contributed by atoms with E-state index >= 15 is 0 Å². The van der Waals surface area contributed by atoms with E-state index in [1.807, 2.05) is 13.8 Å². The normalized spacial score (nSPS) is 39.0. The zero-order chi connectivity index (χ0) is 20.7. The monoisotopic (exact) mass is 378 g/mol. The van der Waals surface area contributed by atoms with Crippen molar-refractivity contribution < 1.29 is 29.7 Å². The molecule has 2 fully saturated rings. The van der Waals surface area contributed by atoms with E-state index in [2.05, 4.69) is 0 Å². The fourth-order valence-corrected chi connectivity index (χ4v) is 6.12. The van der Waals surface area contributed by atoms with Crippen LogP contribution in [0.5, 0.6) is 0 Å². The van der Waals surface area contributed by atoms with Gasteiger partial charge in [-0.1, -0.05) is 27.7 Å². The second-order valence-electron chi connectivity index (χ2n) is 9.82. The van der Waals surface area contributed by atoms with E-state index in [0.29, 0.717) is 6.42 Å². The lowest BCUT2D eigenvalue weighted by Gasteiger charge is -2.39. The average Bonchev–Trinajstić information content (AvgIpc) is 3.01. The summed E-state index contributed by atoms with van der Waals surface area (Å²) >= 11 is 0. The van der Waals surface area contributed by atoms with E-state index in [0.717, 1.165) is 0 Å². The number of carbonyl (C=O) groups is 3. The van der Waals surface area contributed by atoms with Gasteiger partial charge in [-0.3, -0.25) is 14.4 Å². The Hall–Kier alpha value is -1.53. The first-order chi connectivity index (χ1) is 12.2. The van der Waals surface area contributed by atoms with Gasteiger partial charge in [-0.25, -0.2) is 0 Å². The number of carbonyl (C=O) groups excluding carboxylic acids is 3. The lowest BCUT2D eigenvalue weighted by molar-refractivity contribution is -0.154. The van der Waals surface area contributed by atoms with Gasteiger partial charge in [0, 0.05) is 12.3 Å². The van der Waals surface area contributed by atoms with Gasteiger partial charge in [0.05, 0.1) is 11.0 Å². The van der Waals surface area contributed by atoms with Crippen LogP contribution in [0.25, 0.3) is 0 Å². The summed E-state index contributed by atoms with van der Waals surface area (Å²) in [6, 6.07) is 0. The van der Waals surface area contributed by atoms with Crippen LogP contribution in [-0.2, 0) is 14.4 Å². The predicted octanol–water partition coefficient (Wildman–Crippen LogP) is 2.12. The summed E-state index contributed by atoms with van der Waals surface area (Å²) in [4.78, 5) is 38.7. The van der Waals surface area contributed by atoms with Crippen LogP contribution in [-0.4, -0.2) is 43.9 Å². The Morgan fingerprint density at radius 1 is 1.30 bits per heavy atom. The minimum absolute atomic E-state index is 0.0588. The molecule has 3 rings (SSSR count). The number of aliphatic hydroxyl groups excluding tert-OH is 1. The molecular weight excluding hydrogens is 348 g/mol. The highest BCUT2D eigenvalue weighted by Crippen LogP contribution is 2.73. The largest absolute Gasteiger partial charge is 0.511 e. The maximum atomic E-state index is 13.1. The Labute approximate surface area is 159 Å². The molecule has 3 aliphatic carbocycles. The average molecular weight is 378 g/mol. The SMILES string of the molecule is CCC(C)C(=O)C1=C(O)C23CC(C(C)(C)O)C(C)(C)C2CC(=O)[C@]3(O)C1=O. The fourth-order valence-electron chi connectivity index (χ4n) is 6.12. The highest BCUT2D eigenvalue weighted by Gasteiger charge is 2.81. The maximum Gasteiger partial charge on any atom is 0.210 e. The number of Topliss-reactive ketones (excluding diaryl/α,β-unsaturated/α-hetero) is 3. The zero-order valence-electron chi connectivity index (χ0n) is 16.9. The van der Waals surface area contributed by atoms with Gasteiger partial charge in [0.25, 0.3) is 0 Å². The first kappa shape index (κ1) is 20.2. The summed E-state index contributed by atoms with van der Waals surface area (Å²) in [7, 11) is 0. The van der Waals surface area contributed by atoms with Crippen LogP contribution in [0, 0.1) is 28.6 Å². The van der Waals surface area contributed by atoms with Gasteiger partial charge in [0.1, 0.15) is 11.3 Å². The maximum absolute atomic E-state index is 13.1. The molecule has 150 valence electrons. The second-order valence-corrected chi connectivity index (χ2v) is 9.82.